The molecule has 0 unspecified atom stereocenters. The number of carbonyl (C=O) groups is 2. The van der Waals surface area contributed by atoms with Crippen molar-refractivity contribution in [3.8, 4) is 0 Å². The molecule has 3 N–H and O–H groups in total. The predicted octanol–water partition coefficient (Wildman–Crippen LogP) is 2.08. The van der Waals surface area contributed by atoms with E-state index in [1.54, 1.807) is 11.4 Å². The van der Waals surface area contributed by atoms with Crippen molar-refractivity contribution < 1.29 is 9.59 Å². The summed E-state index contributed by atoms with van der Waals surface area (Å²) >= 11 is 1.23. The third kappa shape index (κ3) is 4.76. The second kappa shape index (κ2) is 8.06. The van der Waals surface area contributed by atoms with Crippen molar-refractivity contribution in [1.82, 2.24) is 15.3 Å². The molecule has 2 heterocycles. The number of H-pyrrole nitrogens is 1. The zero-order valence-corrected chi connectivity index (χ0v) is 14.5. The lowest BCUT2D eigenvalue weighted by Gasteiger charge is -2.22. The predicted molar refractivity (Wildman–Crippen MR) is 95.8 cm³/mol. The van der Waals surface area contributed by atoms with E-state index >= 15 is 0 Å². The van der Waals surface area contributed by atoms with Gasteiger partial charge in [-0.3, -0.25) is 19.7 Å². The van der Waals surface area contributed by atoms with Gasteiger partial charge < -0.3 is 10.3 Å². The van der Waals surface area contributed by atoms with Crippen molar-refractivity contribution in [3.63, 3.8) is 0 Å². The minimum Gasteiger partial charge on any atom is -0.353 e. The molecule has 1 fully saturated rings. The van der Waals surface area contributed by atoms with E-state index in [0.717, 1.165) is 25.7 Å². The van der Waals surface area contributed by atoms with E-state index in [2.05, 4.69) is 20.6 Å². The van der Waals surface area contributed by atoms with Crippen LogP contribution in [0.15, 0.2) is 28.5 Å². The number of nitrogens with one attached hydrogen (secondary N) is 3. The molecule has 1 aliphatic carbocycles. The van der Waals surface area contributed by atoms with Crippen LogP contribution in [0.1, 0.15) is 48.2 Å². The molecule has 2 aromatic heterocycles. The van der Waals surface area contributed by atoms with Crippen molar-refractivity contribution in [2.45, 2.75) is 44.6 Å². The third-order valence-corrected chi connectivity index (χ3v) is 4.95. The molecule has 2 aromatic rings. The molecule has 0 saturated heterocycles. The van der Waals surface area contributed by atoms with Crippen LogP contribution in [0.2, 0.25) is 0 Å². The van der Waals surface area contributed by atoms with Crippen LogP contribution >= 0.6 is 11.3 Å². The molecular formula is C17H20N4O3S. The average molecular weight is 360 g/mol. The van der Waals surface area contributed by atoms with Crippen molar-refractivity contribution in [1.29, 1.82) is 0 Å². The molecule has 0 aliphatic heterocycles. The van der Waals surface area contributed by atoms with Gasteiger partial charge in [0.2, 0.25) is 5.91 Å². The molecule has 25 heavy (non-hydrogen) atoms. The summed E-state index contributed by atoms with van der Waals surface area (Å²) < 4.78 is 0. The number of anilines is 1. The maximum Gasteiger partial charge on any atom is 0.263 e. The number of pyridine rings is 1. The van der Waals surface area contributed by atoms with Crippen LogP contribution in [-0.2, 0) is 11.2 Å². The Morgan fingerprint density at radius 3 is 2.84 bits per heavy atom. The molecule has 132 valence electrons. The van der Waals surface area contributed by atoms with Crippen LogP contribution in [0.3, 0.4) is 0 Å². The average Bonchev–Trinajstić information content (AvgIpc) is 3.02. The van der Waals surface area contributed by atoms with Crippen LogP contribution in [-0.4, -0.2) is 27.8 Å². The van der Waals surface area contributed by atoms with Gasteiger partial charge in [0.1, 0.15) is 5.56 Å². The fourth-order valence-electron chi connectivity index (χ4n) is 2.90. The van der Waals surface area contributed by atoms with Crippen molar-refractivity contribution in [3.05, 3.63) is 45.3 Å². The van der Waals surface area contributed by atoms with Gasteiger partial charge in [-0.05, 0) is 25.0 Å². The largest absolute Gasteiger partial charge is 0.353 e. The van der Waals surface area contributed by atoms with Crippen LogP contribution < -0.4 is 16.2 Å². The summed E-state index contributed by atoms with van der Waals surface area (Å²) in [5, 5.41) is 7.74. The molecule has 3 rings (SSSR count). The van der Waals surface area contributed by atoms with E-state index < -0.39 is 11.5 Å². The number of hydrogen-bond acceptors (Lipinski definition) is 5. The maximum absolute atomic E-state index is 12.1. The zero-order chi connectivity index (χ0) is 17.6. The number of aromatic amines is 1. The maximum atomic E-state index is 12.1. The van der Waals surface area contributed by atoms with E-state index in [1.165, 1.54) is 30.0 Å². The van der Waals surface area contributed by atoms with Gasteiger partial charge in [-0.2, -0.15) is 0 Å². The van der Waals surface area contributed by atoms with Gasteiger partial charge in [0.15, 0.2) is 5.13 Å². The van der Waals surface area contributed by atoms with Gasteiger partial charge in [-0.15, -0.1) is 11.3 Å². The highest BCUT2D eigenvalue weighted by molar-refractivity contribution is 7.14. The summed E-state index contributed by atoms with van der Waals surface area (Å²) in [5.41, 5.74) is 0.175. The van der Waals surface area contributed by atoms with Crippen molar-refractivity contribution >= 4 is 28.3 Å². The molecule has 0 radical (unpaired) electrons. The molecule has 0 spiro atoms. The zero-order valence-electron chi connectivity index (χ0n) is 13.7. The van der Waals surface area contributed by atoms with Crippen LogP contribution in [0.4, 0.5) is 5.13 Å². The quantitative estimate of drug-likeness (QED) is 0.759. The summed E-state index contributed by atoms with van der Waals surface area (Å²) in [5.74, 6) is -0.566. The van der Waals surface area contributed by atoms with Crippen molar-refractivity contribution in [2.24, 2.45) is 0 Å². The highest BCUT2D eigenvalue weighted by Gasteiger charge is 2.17. The Hall–Kier alpha value is -2.48. The van der Waals surface area contributed by atoms with E-state index in [-0.39, 0.29) is 23.9 Å². The molecular weight excluding hydrogens is 340 g/mol. The highest BCUT2D eigenvalue weighted by atomic mass is 32.1. The lowest BCUT2D eigenvalue weighted by Crippen LogP contribution is -2.37. The number of amides is 2. The van der Waals surface area contributed by atoms with Crippen LogP contribution in [0, 0.1) is 0 Å². The first-order valence-corrected chi connectivity index (χ1v) is 9.22. The summed E-state index contributed by atoms with van der Waals surface area (Å²) in [6, 6.07) is 3.29. The Bertz CT molecular complexity index is 808. The number of aromatic nitrogens is 2. The molecule has 7 nitrogen and oxygen atoms in total. The van der Waals surface area contributed by atoms with Gasteiger partial charge in [-0.25, -0.2) is 4.98 Å². The van der Waals surface area contributed by atoms with E-state index in [9.17, 15) is 14.4 Å². The summed E-state index contributed by atoms with van der Waals surface area (Å²) in [4.78, 5) is 42.5. The molecule has 8 heteroatoms. The van der Waals surface area contributed by atoms with Gasteiger partial charge in [0.05, 0.1) is 12.1 Å². The lowest BCUT2D eigenvalue weighted by molar-refractivity contribution is -0.121. The Kier molecular flexibility index (Phi) is 5.60. The molecule has 2 amide bonds. The van der Waals surface area contributed by atoms with Gasteiger partial charge in [0, 0.05) is 17.6 Å². The number of hydrogen-bond donors (Lipinski definition) is 3. The first kappa shape index (κ1) is 17.3. The lowest BCUT2D eigenvalue weighted by atomic mass is 9.95. The minimum absolute atomic E-state index is 0.0225. The summed E-state index contributed by atoms with van der Waals surface area (Å²) in [7, 11) is 0. The summed E-state index contributed by atoms with van der Waals surface area (Å²) in [6.07, 6.45) is 7.30. The Labute approximate surface area is 148 Å². The Balaban J connectivity index is 1.55. The molecule has 0 bridgehead atoms. The number of nitrogens with zero attached hydrogens (tertiary/aromatic N) is 1. The smallest absolute Gasteiger partial charge is 0.263 e. The molecule has 1 aliphatic rings. The van der Waals surface area contributed by atoms with E-state index in [1.807, 2.05) is 0 Å². The van der Waals surface area contributed by atoms with Gasteiger partial charge >= 0.3 is 0 Å². The number of carbonyl (C=O) groups excluding carboxylic acids is 2. The SMILES string of the molecule is O=C(Cc1csc(NC(=O)c2ccc[nH]c2=O)n1)NC1CCCCC1. The highest BCUT2D eigenvalue weighted by Crippen LogP contribution is 2.19. The minimum atomic E-state index is -0.519. The third-order valence-electron chi connectivity index (χ3n) is 4.15. The Morgan fingerprint density at radius 2 is 2.08 bits per heavy atom. The second-order valence-corrected chi connectivity index (χ2v) is 6.95. The molecule has 0 aromatic carbocycles. The van der Waals surface area contributed by atoms with Gasteiger partial charge in [0.25, 0.3) is 11.5 Å². The van der Waals surface area contributed by atoms with Crippen LogP contribution in [0.25, 0.3) is 0 Å². The first-order valence-electron chi connectivity index (χ1n) is 8.34. The van der Waals surface area contributed by atoms with Gasteiger partial charge in [-0.1, -0.05) is 19.3 Å². The molecule has 0 atom stereocenters. The molecule has 1 saturated carbocycles. The fourth-order valence-corrected chi connectivity index (χ4v) is 3.61. The van der Waals surface area contributed by atoms with E-state index in [4.69, 9.17) is 0 Å². The first-order chi connectivity index (χ1) is 12.1. The number of rotatable bonds is 5. The number of thiazole rings is 1. The van der Waals surface area contributed by atoms with Crippen LogP contribution in [0.5, 0.6) is 0 Å². The monoisotopic (exact) mass is 360 g/mol. The fraction of sp³-hybridized carbons (Fsp3) is 0.412. The summed E-state index contributed by atoms with van der Waals surface area (Å²) in [6.45, 7) is 0. The normalized spacial score (nSPS) is 14.9. The second-order valence-electron chi connectivity index (χ2n) is 6.09. The van der Waals surface area contributed by atoms with Crippen molar-refractivity contribution in [2.75, 3.05) is 5.32 Å². The topological polar surface area (TPSA) is 104 Å². The standard InChI is InChI=1S/C17H20N4O3S/c22-14(19-11-5-2-1-3-6-11)9-12-10-25-17(20-12)21-16(24)13-7-4-8-18-15(13)23/h4,7-8,10-11H,1-3,5-6,9H2,(H,18,23)(H,19,22)(H,20,21,24). The Morgan fingerprint density at radius 1 is 1.28 bits per heavy atom. The van der Waals surface area contributed by atoms with E-state index in [0.29, 0.717) is 10.8 Å².